The van der Waals surface area contributed by atoms with Gasteiger partial charge in [0.15, 0.2) is 0 Å². The Bertz CT molecular complexity index is 384. The van der Waals surface area contributed by atoms with E-state index in [0.717, 1.165) is 19.4 Å². The minimum absolute atomic E-state index is 0.171. The molecule has 0 aromatic rings. The molecule has 1 saturated carbocycles. The Morgan fingerprint density at radius 2 is 1.91 bits per heavy atom. The number of carbonyl (C=O) groups excluding carboxylic acids is 1. The fourth-order valence-corrected chi connectivity index (χ4v) is 4.61. The molecule has 5 heteroatoms. The van der Waals surface area contributed by atoms with Gasteiger partial charge in [0.1, 0.15) is 0 Å². The van der Waals surface area contributed by atoms with Crippen molar-refractivity contribution in [1.82, 2.24) is 9.80 Å². The van der Waals surface area contributed by atoms with E-state index in [-0.39, 0.29) is 12.0 Å². The number of aliphatic hydroxyl groups is 2. The number of amides is 1. The first kappa shape index (κ1) is 16.2. The first-order valence-electron chi connectivity index (χ1n) is 9.01. The van der Waals surface area contributed by atoms with Gasteiger partial charge in [0.2, 0.25) is 5.91 Å². The summed E-state index contributed by atoms with van der Waals surface area (Å²) in [5.74, 6) is 0.843. The van der Waals surface area contributed by atoms with E-state index in [1.165, 1.54) is 32.1 Å². The summed E-state index contributed by atoms with van der Waals surface area (Å²) in [6.07, 6.45) is 8.09. The van der Waals surface area contributed by atoms with Crippen LogP contribution in [-0.4, -0.2) is 70.3 Å². The molecule has 1 amide bonds. The Kier molecular flexibility index (Phi) is 5.37. The Morgan fingerprint density at radius 1 is 1.14 bits per heavy atom. The average molecular weight is 310 g/mol. The molecule has 0 aromatic carbocycles. The van der Waals surface area contributed by atoms with Crippen molar-refractivity contribution in [3.05, 3.63) is 0 Å². The van der Waals surface area contributed by atoms with Gasteiger partial charge in [-0.05, 0) is 31.6 Å². The highest BCUT2D eigenvalue weighted by molar-refractivity contribution is 5.78. The zero-order valence-corrected chi connectivity index (χ0v) is 13.5. The number of hydrogen-bond donors (Lipinski definition) is 2. The van der Waals surface area contributed by atoms with Crippen LogP contribution < -0.4 is 0 Å². The summed E-state index contributed by atoms with van der Waals surface area (Å²) in [7, 11) is 0. The molecule has 2 heterocycles. The second-order valence-electron chi connectivity index (χ2n) is 7.41. The third-order valence-corrected chi connectivity index (χ3v) is 5.67. The van der Waals surface area contributed by atoms with Crippen molar-refractivity contribution in [2.75, 3.05) is 26.2 Å². The van der Waals surface area contributed by atoms with E-state index in [0.29, 0.717) is 38.0 Å². The molecule has 3 aliphatic rings. The summed E-state index contributed by atoms with van der Waals surface area (Å²) in [6, 6.07) is 0.416. The summed E-state index contributed by atoms with van der Waals surface area (Å²) < 4.78 is 0. The van der Waals surface area contributed by atoms with Gasteiger partial charge < -0.3 is 15.1 Å². The molecule has 5 nitrogen and oxygen atoms in total. The van der Waals surface area contributed by atoms with Crippen LogP contribution in [0.25, 0.3) is 0 Å². The number of aliphatic hydroxyl groups excluding tert-OH is 2. The maximum Gasteiger partial charge on any atom is 0.222 e. The molecular formula is C17H30N2O3. The van der Waals surface area contributed by atoms with E-state index in [4.69, 9.17) is 0 Å². The van der Waals surface area contributed by atoms with Crippen LogP contribution in [0.2, 0.25) is 0 Å². The fraction of sp³-hybridized carbons (Fsp3) is 0.941. The van der Waals surface area contributed by atoms with Crippen LogP contribution in [0.4, 0.5) is 0 Å². The largest absolute Gasteiger partial charge is 0.392 e. The van der Waals surface area contributed by atoms with Crippen molar-refractivity contribution < 1.29 is 15.0 Å². The predicted molar refractivity (Wildman–Crippen MR) is 84.4 cm³/mol. The molecular weight excluding hydrogens is 280 g/mol. The quantitative estimate of drug-likeness (QED) is 0.795. The lowest BCUT2D eigenvalue weighted by molar-refractivity contribution is -0.129. The molecule has 0 spiro atoms. The number of carbonyl (C=O) groups is 1. The van der Waals surface area contributed by atoms with Crippen LogP contribution in [0.1, 0.15) is 51.4 Å². The van der Waals surface area contributed by atoms with Gasteiger partial charge in [-0.25, -0.2) is 0 Å². The number of β-amino-alcohol motifs (C(OH)–C–C–N with tert-alkyl or cyclic N) is 2. The minimum Gasteiger partial charge on any atom is -0.392 e. The second-order valence-corrected chi connectivity index (χ2v) is 7.41. The lowest BCUT2D eigenvalue weighted by Crippen LogP contribution is -2.45. The van der Waals surface area contributed by atoms with E-state index in [2.05, 4.69) is 4.90 Å². The SMILES string of the molecule is O=C1CCCN1C[C@H](O)CN1C[C@H](O)C[C@@H]1C1CCCCC1. The predicted octanol–water partition coefficient (Wildman–Crippen LogP) is 0.985. The second kappa shape index (κ2) is 7.28. The van der Waals surface area contributed by atoms with Crippen molar-refractivity contribution in [2.24, 2.45) is 5.92 Å². The summed E-state index contributed by atoms with van der Waals surface area (Å²) in [4.78, 5) is 15.7. The monoisotopic (exact) mass is 310 g/mol. The molecule has 3 atom stereocenters. The molecule has 0 aromatic heterocycles. The van der Waals surface area contributed by atoms with Crippen LogP contribution in [0.5, 0.6) is 0 Å². The molecule has 0 radical (unpaired) electrons. The minimum atomic E-state index is -0.501. The normalized spacial score (nSPS) is 32.8. The number of likely N-dealkylation sites (tertiary alicyclic amines) is 2. The van der Waals surface area contributed by atoms with Crippen molar-refractivity contribution >= 4 is 5.91 Å². The number of hydrogen-bond acceptors (Lipinski definition) is 4. The van der Waals surface area contributed by atoms with Crippen molar-refractivity contribution in [1.29, 1.82) is 0 Å². The summed E-state index contributed by atoms with van der Waals surface area (Å²) in [5, 5.41) is 20.4. The van der Waals surface area contributed by atoms with Crippen LogP contribution in [0.3, 0.4) is 0 Å². The first-order valence-corrected chi connectivity index (χ1v) is 9.01. The van der Waals surface area contributed by atoms with Gasteiger partial charge in [-0.3, -0.25) is 9.69 Å². The topological polar surface area (TPSA) is 64.0 Å². The maximum absolute atomic E-state index is 11.7. The standard InChI is InChI=1S/C17H30N2O3/c20-14-9-16(13-5-2-1-3-6-13)19(10-14)12-15(21)11-18-8-4-7-17(18)22/h13-16,20-21H,1-12H2/t14-,15+,16-/m1/s1. The molecule has 1 aliphatic carbocycles. The Hall–Kier alpha value is -0.650. The molecule has 2 N–H and O–H groups in total. The van der Waals surface area contributed by atoms with Crippen molar-refractivity contribution in [2.45, 2.75) is 69.6 Å². The number of rotatable bonds is 5. The van der Waals surface area contributed by atoms with Gasteiger partial charge in [0.25, 0.3) is 0 Å². The fourth-order valence-electron chi connectivity index (χ4n) is 4.61. The van der Waals surface area contributed by atoms with Crippen LogP contribution in [0.15, 0.2) is 0 Å². The van der Waals surface area contributed by atoms with Crippen LogP contribution in [0, 0.1) is 5.92 Å². The van der Waals surface area contributed by atoms with E-state index < -0.39 is 6.10 Å². The Morgan fingerprint density at radius 3 is 2.59 bits per heavy atom. The Balaban J connectivity index is 1.53. The zero-order chi connectivity index (χ0) is 15.5. The highest BCUT2D eigenvalue weighted by Crippen LogP contribution is 2.34. The lowest BCUT2D eigenvalue weighted by atomic mass is 9.82. The summed E-state index contributed by atoms with van der Waals surface area (Å²) in [5.41, 5.74) is 0. The molecule has 2 aliphatic heterocycles. The molecule has 3 fully saturated rings. The number of nitrogens with zero attached hydrogens (tertiary/aromatic N) is 2. The molecule has 126 valence electrons. The molecule has 0 bridgehead atoms. The van der Waals surface area contributed by atoms with Gasteiger partial charge in [-0.15, -0.1) is 0 Å². The third-order valence-electron chi connectivity index (χ3n) is 5.67. The van der Waals surface area contributed by atoms with Gasteiger partial charge in [0.05, 0.1) is 12.2 Å². The lowest BCUT2D eigenvalue weighted by Gasteiger charge is -2.35. The zero-order valence-electron chi connectivity index (χ0n) is 13.5. The van der Waals surface area contributed by atoms with E-state index in [1.54, 1.807) is 4.90 Å². The first-order chi connectivity index (χ1) is 10.6. The van der Waals surface area contributed by atoms with Crippen LogP contribution >= 0.6 is 0 Å². The highest BCUT2D eigenvalue weighted by Gasteiger charge is 2.37. The maximum atomic E-state index is 11.7. The van der Waals surface area contributed by atoms with E-state index in [1.807, 2.05) is 0 Å². The van der Waals surface area contributed by atoms with Gasteiger partial charge in [-0.2, -0.15) is 0 Å². The average Bonchev–Trinajstić information content (AvgIpc) is 3.06. The van der Waals surface area contributed by atoms with E-state index in [9.17, 15) is 15.0 Å². The van der Waals surface area contributed by atoms with E-state index >= 15 is 0 Å². The third kappa shape index (κ3) is 3.81. The van der Waals surface area contributed by atoms with Gasteiger partial charge in [0, 0.05) is 38.6 Å². The summed E-state index contributed by atoms with van der Waals surface area (Å²) >= 11 is 0. The molecule has 0 unspecified atom stereocenters. The molecule has 2 saturated heterocycles. The molecule has 22 heavy (non-hydrogen) atoms. The highest BCUT2D eigenvalue weighted by atomic mass is 16.3. The smallest absolute Gasteiger partial charge is 0.222 e. The van der Waals surface area contributed by atoms with Crippen molar-refractivity contribution in [3.8, 4) is 0 Å². The van der Waals surface area contributed by atoms with Crippen LogP contribution in [-0.2, 0) is 4.79 Å². The van der Waals surface area contributed by atoms with Gasteiger partial charge in [-0.1, -0.05) is 19.3 Å². The van der Waals surface area contributed by atoms with Gasteiger partial charge >= 0.3 is 0 Å². The summed E-state index contributed by atoms with van der Waals surface area (Å²) in [6.45, 7) is 2.49. The molecule has 3 rings (SSSR count). The Labute approximate surface area is 133 Å². The van der Waals surface area contributed by atoms with Crippen molar-refractivity contribution in [3.63, 3.8) is 0 Å².